The van der Waals surface area contributed by atoms with Gasteiger partial charge in [0.2, 0.25) is 11.8 Å². The van der Waals surface area contributed by atoms with Crippen molar-refractivity contribution in [3.63, 3.8) is 0 Å². The smallest absolute Gasteiger partial charge is 0.248 e. The van der Waals surface area contributed by atoms with Crippen LogP contribution in [0.25, 0.3) is 11.6 Å². The van der Waals surface area contributed by atoms with E-state index in [0.29, 0.717) is 18.0 Å². The number of aryl methyl sites for hydroxylation is 1. The van der Waals surface area contributed by atoms with Crippen LogP contribution in [0.3, 0.4) is 0 Å². The van der Waals surface area contributed by atoms with Crippen LogP contribution in [0.2, 0.25) is 0 Å². The van der Waals surface area contributed by atoms with E-state index in [0.717, 1.165) is 12.2 Å². The molecule has 2 heterocycles. The summed E-state index contributed by atoms with van der Waals surface area (Å²) >= 11 is 0. The summed E-state index contributed by atoms with van der Waals surface area (Å²) in [6.07, 6.45) is 2.80. The maximum Gasteiger partial charge on any atom is 0.248 e. The van der Waals surface area contributed by atoms with Gasteiger partial charge in [0.05, 0.1) is 11.8 Å². The SMILES string of the molecule is Cc1coc(-c2coc(C(N)C(O)CCN(C)C)n2)n1. The van der Waals surface area contributed by atoms with Gasteiger partial charge in [0.1, 0.15) is 18.6 Å². The van der Waals surface area contributed by atoms with E-state index in [-0.39, 0.29) is 5.89 Å². The molecule has 2 aromatic heterocycles. The van der Waals surface area contributed by atoms with E-state index in [2.05, 4.69) is 9.97 Å². The summed E-state index contributed by atoms with van der Waals surface area (Å²) in [5.41, 5.74) is 7.18. The van der Waals surface area contributed by atoms with E-state index in [9.17, 15) is 5.11 Å². The van der Waals surface area contributed by atoms with Crippen LogP contribution in [-0.4, -0.2) is 46.7 Å². The summed E-state index contributed by atoms with van der Waals surface area (Å²) in [4.78, 5) is 10.4. The van der Waals surface area contributed by atoms with Gasteiger partial charge in [-0.05, 0) is 27.4 Å². The van der Waals surface area contributed by atoms with Crippen molar-refractivity contribution in [2.24, 2.45) is 5.73 Å². The Kier molecular flexibility index (Phi) is 4.53. The van der Waals surface area contributed by atoms with Crippen molar-refractivity contribution < 1.29 is 13.9 Å². The first-order chi connectivity index (χ1) is 9.47. The number of aromatic nitrogens is 2. The van der Waals surface area contributed by atoms with Crippen LogP contribution >= 0.6 is 0 Å². The zero-order valence-corrected chi connectivity index (χ0v) is 11.9. The van der Waals surface area contributed by atoms with Crippen LogP contribution in [0.4, 0.5) is 0 Å². The molecule has 20 heavy (non-hydrogen) atoms. The van der Waals surface area contributed by atoms with Gasteiger partial charge in [-0.25, -0.2) is 9.97 Å². The molecule has 0 aromatic carbocycles. The van der Waals surface area contributed by atoms with Gasteiger partial charge in [-0.15, -0.1) is 0 Å². The van der Waals surface area contributed by atoms with Gasteiger partial charge < -0.3 is 24.6 Å². The van der Waals surface area contributed by atoms with Crippen molar-refractivity contribution in [3.8, 4) is 11.6 Å². The molecule has 0 saturated carbocycles. The zero-order chi connectivity index (χ0) is 14.7. The van der Waals surface area contributed by atoms with Crippen molar-refractivity contribution in [3.05, 3.63) is 24.1 Å². The maximum atomic E-state index is 10.0. The molecule has 2 rings (SSSR count). The Morgan fingerprint density at radius 1 is 1.30 bits per heavy atom. The molecule has 0 aliphatic rings. The standard InChI is InChI=1S/C13H20N4O3/c1-8-6-19-12(15-8)9-7-20-13(16-9)11(14)10(18)4-5-17(2)3/h6-7,10-11,18H,4-5,14H2,1-3H3. The Morgan fingerprint density at radius 3 is 2.65 bits per heavy atom. The predicted octanol–water partition coefficient (Wildman–Crippen LogP) is 0.950. The lowest BCUT2D eigenvalue weighted by Crippen LogP contribution is -2.29. The number of nitrogens with two attached hydrogens (primary N) is 1. The fourth-order valence-corrected chi connectivity index (χ4v) is 1.75. The molecule has 3 N–H and O–H groups in total. The van der Waals surface area contributed by atoms with Gasteiger partial charge in [-0.2, -0.15) is 0 Å². The second-order valence-corrected chi connectivity index (χ2v) is 5.05. The second-order valence-electron chi connectivity index (χ2n) is 5.05. The first-order valence-corrected chi connectivity index (χ1v) is 6.43. The van der Waals surface area contributed by atoms with E-state index in [1.54, 1.807) is 0 Å². The Bertz CT molecular complexity index is 549. The van der Waals surface area contributed by atoms with Gasteiger partial charge in [-0.1, -0.05) is 0 Å². The molecule has 2 atom stereocenters. The van der Waals surface area contributed by atoms with E-state index < -0.39 is 12.1 Å². The number of oxazole rings is 2. The summed E-state index contributed by atoms with van der Waals surface area (Å²) < 4.78 is 10.5. The van der Waals surface area contributed by atoms with Gasteiger partial charge in [0.25, 0.3) is 0 Å². The second kappa shape index (κ2) is 6.17. The van der Waals surface area contributed by atoms with Gasteiger partial charge in [0.15, 0.2) is 5.69 Å². The maximum absolute atomic E-state index is 10.0. The minimum absolute atomic E-state index is 0.280. The van der Waals surface area contributed by atoms with Crippen molar-refractivity contribution in [1.82, 2.24) is 14.9 Å². The Hall–Kier alpha value is -1.70. The highest BCUT2D eigenvalue weighted by Crippen LogP contribution is 2.22. The number of aliphatic hydroxyl groups excluding tert-OH is 1. The van der Waals surface area contributed by atoms with Crippen molar-refractivity contribution in [2.45, 2.75) is 25.5 Å². The summed E-state index contributed by atoms with van der Waals surface area (Å²) in [6.45, 7) is 2.56. The van der Waals surface area contributed by atoms with E-state index in [1.807, 2.05) is 25.9 Å². The molecular weight excluding hydrogens is 260 g/mol. The summed E-state index contributed by atoms with van der Waals surface area (Å²) in [5, 5.41) is 10.0. The fourth-order valence-electron chi connectivity index (χ4n) is 1.75. The molecule has 0 bridgehead atoms. The fraction of sp³-hybridized carbons (Fsp3) is 0.538. The molecule has 2 aromatic rings. The minimum atomic E-state index is -0.713. The quantitative estimate of drug-likeness (QED) is 0.812. The molecule has 0 aliphatic carbocycles. The number of rotatable bonds is 6. The lowest BCUT2D eigenvalue weighted by atomic mass is 10.1. The molecule has 0 aliphatic heterocycles. The lowest BCUT2D eigenvalue weighted by molar-refractivity contribution is 0.114. The van der Waals surface area contributed by atoms with Crippen molar-refractivity contribution >= 4 is 0 Å². The third-order valence-electron chi connectivity index (χ3n) is 2.93. The largest absolute Gasteiger partial charge is 0.446 e. The molecule has 110 valence electrons. The molecular formula is C13H20N4O3. The summed E-state index contributed by atoms with van der Waals surface area (Å²) in [7, 11) is 3.87. The summed E-state index contributed by atoms with van der Waals surface area (Å²) in [6, 6.07) is -0.667. The molecule has 7 nitrogen and oxygen atoms in total. The zero-order valence-electron chi connectivity index (χ0n) is 11.9. The first kappa shape index (κ1) is 14.7. The highest BCUT2D eigenvalue weighted by molar-refractivity contribution is 5.44. The van der Waals surface area contributed by atoms with Crippen molar-refractivity contribution in [1.29, 1.82) is 0 Å². The van der Waals surface area contributed by atoms with E-state index in [1.165, 1.54) is 12.5 Å². The third kappa shape index (κ3) is 3.44. The minimum Gasteiger partial charge on any atom is -0.446 e. The first-order valence-electron chi connectivity index (χ1n) is 6.43. The summed E-state index contributed by atoms with van der Waals surface area (Å²) in [5.74, 6) is 0.662. The predicted molar refractivity (Wildman–Crippen MR) is 72.8 cm³/mol. The van der Waals surface area contributed by atoms with E-state index >= 15 is 0 Å². The number of hydrogen-bond acceptors (Lipinski definition) is 7. The average Bonchev–Trinajstić information content (AvgIpc) is 3.03. The molecule has 0 fully saturated rings. The molecule has 0 amide bonds. The van der Waals surface area contributed by atoms with Gasteiger partial charge in [-0.3, -0.25) is 0 Å². The Morgan fingerprint density at radius 2 is 2.05 bits per heavy atom. The van der Waals surface area contributed by atoms with Crippen LogP contribution in [0, 0.1) is 6.92 Å². The normalized spacial score (nSPS) is 14.7. The van der Waals surface area contributed by atoms with E-state index in [4.69, 9.17) is 14.6 Å². The topological polar surface area (TPSA) is 102 Å². The molecule has 0 saturated heterocycles. The van der Waals surface area contributed by atoms with Crippen LogP contribution in [0.15, 0.2) is 21.4 Å². The number of nitrogens with zero attached hydrogens (tertiary/aromatic N) is 3. The molecule has 2 unspecified atom stereocenters. The van der Waals surface area contributed by atoms with Crippen molar-refractivity contribution in [2.75, 3.05) is 20.6 Å². The number of aliphatic hydroxyl groups is 1. The average molecular weight is 280 g/mol. The molecule has 0 radical (unpaired) electrons. The Balaban J connectivity index is 2.04. The highest BCUT2D eigenvalue weighted by Gasteiger charge is 2.23. The van der Waals surface area contributed by atoms with Gasteiger partial charge in [0, 0.05) is 6.54 Å². The monoisotopic (exact) mass is 280 g/mol. The molecule has 0 spiro atoms. The highest BCUT2D eigenvalue weighted by atomic mass is 16.4. The molecule has 7 heteroatoms. The lowest BCUT2D eigenvalue weighted by Gasteiger charge is -2.17. The third-order valence-corrected chi connectivity index (χ3v) is 2.93. The van der Waals surface area contributed by atoms with Crippen LogP contribution < -0.4 is 5.73 Å². The Labute approximate surface area is 117 Å². The van der Waals surface area contributed by atoms with Crippen LogP contribution in [0.5, 0.6) is 0 Å². The van der Waals surface area contributed by atoms with Gasteiger partial charge >= 0.3 is 0 Å². The van der Waals surface area contributed by atoms with Crippen LogP contribution in [-0.2, 0) is 0 Å². The van der Waals surface area contributed by atoms with Crippen LogP contribution in [0.1, 0.15) is 24.0 Å². The number of hydrogen-bond donors (Lipinski definition) is 2.